The molecular formula is C18H16N2O3. The molecule has 5 heteroatoms. The molecule has 0 aromatic heterocycles. The predicted octanol–water partition coefficient (Wildman–Crippen LogP) is 2.04. The van der Waals surface area contributed by atoms with Gasteiger partial charge in [-0.1, -0.05) is 18.1 Å². The Morgan fingerprint density at radius 3 is 2.70 bits per heavy atom. The van der Waals surface area contributed by atoms with Crippen molar-refractivity contribution >= 4 is 17.5 Å². The number of carbonyl (C=O) groups is 2. The molecule has 2 aromatic rings. The average molecular weight is 308 g/mol. The fraction of sp³-hybridized carbons (Fsp3) is 0.111. The molecule has 0 saturated heterocycles. The Hall–Kier alpha value is -3.26. The second-order valence-electron chi connectivity index (χ2n) is 4.69. The minimum absolute atomic E-state index is 0.143. The van der Waals surface area contributed by atoms with Gasteiger partial charge in [-0.15, -0.1) is 6.42 Å². The van der Waals surface area contributed by atoms with E-state index in [0.717, 1.165) is 0 Å². The molecule has 0 saturated carbocycles. The van der Waals surface area contributed by atoms with Crippen molar-refractivity contribution in [3.63, 3.8) is 0 Å². The summed E-state index contributed by atoms with van der Waals surface area (Å²) in [5.74, 6) is 2.38. The van der Waals surface area contributed by atoms with E-state index in [-0.39, 0.29) is 18.4 Å². The summed E-state index contributed by atoms with van der Waals surface area (Å²) in [5.41, 5.74) is 1.68. The minimum Gasteiger partial charge on any atom is -0.497 e. The van der Waals surface area contributed by atoms with Gasteiger partial charge in [0.2, 0.25) is 5.91 Å². The van der Waals surface area contributed by atoms with Crippen LogP contribution in [0.3, 0.4) is 0 Å². The number of rotatable bonds is 5. The fourth-order valence-corrected chi connectivity index (χ4v) is 1.92. The van der Waals surface area contributed by atoms with Crippen LogP contribution in [0.25, 0.3) is 0 Å². The molecule has 0 heterocycles. The molecule has 2 amide bonds. The van der Waals surface area contributed by atoms with Crippen LogP contribution in [0.1, 0.15) is 15.9 Å². The van der Waals surface area contributed by atoms with Crippen LogP contribution in [0.5, 0.6) is 5.75 Å². The van der Waals surface area contributed by atoms with Gasteiger partial charge in [-0.05, 0) is 36.4 Å². The van der Waals surface area contributed by atoms with E-state index in [4.69, 9.17) is 11.2 Å². The summed E-state index contributed by atoms with van der Waals surface area (Å²) in [6.45, 7) is -0.143. The maximum Gasteiger partial charge on any atom is 0.251 e. The lowest BCUT2D eigenvalue weighted by Gasteiger charge is -2.08. The van der Waals surface area contributed by atoms with Gasteiger partial charge in [0.25, 0.3) is 5.91 Å². The number of benzene rings is 2. The first kappa shape index (κ1) is 16.1. The Morgan fingerprint density at radius 1 is 1.17 bits per heavy atom. The molecule has 23 heavy (non-hydrogen) atoms. The van der Waals surface area contributed by atoms with Crippen molar-refractivity contribution in [1.82, 2.24) is 5.32 Å². The van der Waals surface area contributed by atoms with Crippen molar-refractivity contribution < 1.29 is 14.3 Å². The number of hydrogen-bond donors (Lipinski definition) is 2. The van der Waals surface area contributed by atoms with E-state index in [9.17, 15) is 9.59 Å². The standard InChI is InChI=1S/C18H16N2O3/c1-3-13-6-4-8-15(10-13)20-17(21)12-19-18(22)14-7-5-9-16(11-14)23-2/h1,4-11H,12H2,2H3,(H,19,22)(H,20,21). The molecule has 0 unspecified atom stereocenters. The summed E-state index contributed by atoms with van der Waals surface area (Å²) in [5, 5.41) is 5.22. The number of hydrogen-bond acceptors (Lipinski definition) is 3. The van der Waals surface area contributed by atoms with Gasteiger partial charge in [-0.2, -0.15) is 0 Å². The minimum atomic E-state index is -0.351. The van der Waals surface area contributed by atoms with E-state index in [2.05, 4.69) is 16.6 Å². The molecule has 0 aliphatic carbocycles. The van der Waals surface area contributed by atoms with Gasteiger partial charge in [0, 0.05) is 16.8 Å². The van der Waals surface area contributed by atoms with Gasteiger partial charge in [0.15, 0.2) is 0 Å². The number of carbonyl (C=O) groups excluding carboxylic acids is 2. The lowest BCUT2D eigenvalue weighted by atomic mass is 10.2. The maximum atomic E-state index is 12.0. The predicted molar refractivity (Wildman–Crippen MR) is 88.3 cm³/mol. The van der Waals surface area contributed by atoms with Crippen molar-refractivity contribution in [1.29, 1.82) is 0 Å². The number of amides is 2. The Bertz CT molecular complexity index is 763. The summed E-state index contributed by atoms with van der Waals surface area (Å²) in [4.78, 5) is 23.9. The summed E-state index contributed by atoms with van der Waals surface area (Å²) in [6.07, 6.45) is 5.31. The third-order valence-corrected chi connectivity index (χ3v) is 3.05. The Balaban J connectivity index is 1.90. The van der Waals surface area contributed by atoms with Gasteiger partial charge >= 0.3 is 0 Å². The molecule has 2 aromatic carbocycles. The summed E-state index contributed by atoms with van der Waals surface area (Å²) in [6, 6.07) is 13.6. The molecule has 0 spiro atoms. The first-order valence-corrected chi connectivity index (χ1v) is 6.91. The number of nitrogens with one attached hydrogen (secondary N) is 2. The topological polar surface area (TPSA) is 67.4 Å². The van der Waals surface area contributed by atoms with Crippen LogP contribution in [0, 0.1) is 12.3 Å². The lowest BCUT2D eigenvalue weighted by Crippen LogP contribution is -2.32. The molecule has 0 bridgehead atoms. The van der Waals surface area contributed by atoms with Crippen molar-refractivity contribution in [3.8, 4) is 18.1 Å². The van der Waals surface area contributed by atoms with Crippen LogP contribution >= 0.6 is 0 Å². The zero-order chi connectivity index (χ0) is 16.7. The van der Waals surface area contributed by atoms with Crippen LogP contribution < -0.4 is 15.4 Å². The first-order chi connectivity index (χ1) is 11.1. The second kappa shape index (κ2) is 7.66. The van der Waals surface area contributed by atoms with Crippen LogP contribution in [0.2, 0.25) is 0 Å². The van der Waals surface area contributed by atoms with E-state index < -0.39 is 0 Å². The van der Waals surface area contributed by atoms with Crippen molar-refractivity contribution in [2.45, 2.75) is 0 Å². The molecule has 0 aliphatic rings. The van der Waals surface area contributed by atoms with Crippen molar-refractivity contribution in [2.24, 2.45) is 0 Å². The summed E-state index contributed by atoms with van der Waals surface area (Å²) < 4.78 is 5.06. The van der Waals surface area contributed by atoms with Gasteiger partial charge < -0.3 is 15.4 Å². The molecule has 2 rings (SSSR count). The van der Waals surface area contributed by atoms with Crippen LogP contribution in [-0.2, 0) is 4.79 Å². The molecule has 0 fully saturated rings. The summed E-state index contributed by atoms with van der Waals surface area (Å²) >= 11 is 0. The van der Waals surface area contributed by atoms with Crippen molar-refractivity contribution in [2.75, 3.05) is 19.0 Å². The smallest absolute Gasteiger partial charge is 0.251 e. The molecule has 5 nitrogen and oxygen atoms in total. The van der Waals surface area contributed by atoms with Gasteiger partial charge in [-0.25, -0.2) is 0 Å². The van der Waals surface area contributed by atoms with E-state index in [1.54, 1.807) is 48.5 Å². The monoisotopic (exact) mass is 308 g/mol. The molecular weight excluding hydrogens is 292 g/mol. The normalized spacial score (nSPS) is 9.57. The quantitative estimate of drug-likeness (QED) is 0.831. The number of anilines is 1. The molecule has 2 N–H and O–H groups in total. The largest absolute Gasteiger partial charge is 0.497 e. The molecule has 0 atom stereocenters. The van der Waals surface area contributed by atoms with Crippen molar-refractivity contribution in [3.05, 3.63) is 59.7 Å². The van der Waals surface area contributed by atoms with Gasteiger partial charge in [0.05, 0.1) is 13.7 Å². The van der Waals surface area contributed by atoms with E-state index in [0.29, 0.717) is 22.6 Å². The van der Waals surface area contributed by atoms with Gasteiger partial charge in [0.1, 0.15) is 5.75 Å². The average Bonchev–Trinajstić information content (AvgIpc) is 2.59. The number of ether oxygens (including phenoxy) is 1. The third-order valence-electron chi connectivity index (χ3n) is 3.05. The number of terminal acetylenes is 1. The van der Waals surface area contributed by atoms with Crippen LogP contribution in [0.15, 0.2) is 48.5 Å². The van der Waals surface area contributed by atoms with E-state index in [1.165, 1.54) is 7.11 Å². The highest BCUT2D eigenvalue weighted by Crippen LogP contribution is 2.12. The second-order valence-corrected chi connectivity index (χ2v) is 4.69. The van der Waals surface area contributed by atoms with Crippen LogP contribution in [-0.4, -0.2) is 25.5 Å². The Labute approximate surface area is 134 Å². The summed E-state index contributed by atoms with van der Waals surface area (Å²) in [7, 11) is 1.52. The number of methoxy groups -OCH3 is 1. The van der Waals surface area contributed by atoms with E-state index >= 15 is 0 Å². The van der Waals surface area contributed by atoms with Gasteiger partial charge in [-0.3, -0.25) is 9.59 Å². The zero-order valence-corrected chi connectivity index (χ0v) is 12.6. The SMILES string of the molecule is C#Cc1cccc(NC(=O)CNC(=O)c2cccc(OC)c2)c1. The van der Waals surface area contributed by atoms with Crippen LogP contribution in [0.4, 0.5) is 5.69 Å². The molecule has 0 radical (unpaired) electrons. The fourth-order valence-electron chi connectivity index (χ4n) is 1.92. The Kier molecular flexibility index (Phi) is 5.37. The van der Waals surface area contributed by atoms with E-state index in [1.807, 2.05) is 0 Å². The highest BCUT2D eigenvalue weighted by Gasteiger charge is 2.09. The maximum absolute atomic E-state index is 12.0. The zero-order valence-electron chi connectivity index (χ0n) is 12.6. The highest BCUT2D eigenvalue weighted by molar-refractivity contribution is 5.99. The highest BCUT2D eigenvalue weighted by atomic mass is 16.5. The molecule has 0 aliphatic heterocycles. The first-order valence-electron chi connectivity index (χ1n) is 6.91. The third kappa shape index (κ3) is 4.61. The molecule has 116 valence electrons. The lowest BCUT2D eigenvalue weighted by molar-refractivity contribution is -0.115. The Morgan fingerprint density at radius 2 is 1.96 bits per heavy atom.